The van der Waals surface area contributed by atoms with Gasteiger partial charge < -0.3 is 4.74 Å². The molecule has 0 N–H and O–H groups in total. The average molecular weight is 222 g/mol. The predicted molar refractivity (Wildman–Crippen MR) is 66.2 cm³/mol. The van der Waals surface area contributed by atoms with E-state index in [2.05, 4.69) is 20.8 Å². The van der Waals surface area contributed by atoms with Crippen LogP contribution in [0.1, 0.15) is 52.9 Å². The molecule has 0 amide bonds. The molecule has 0 aromatic heterocycles. The highest BCUT2D eigenvalue weighted by molar-refractivity contribution is 5.03. The first-order valence-electron chi connectivity index (χ1n) is 7.32. The highest BCUT2D eigenvalue weighted by atomic mass is 16.5. The quantitative estimate of drug-likeness (QED) is 0.704. The number of hydrogen-bond donors (Lipinski definition) is 0. The maximum absolute atomic E-state index is 6.31. The minimum absolute atomic E-state index is 0.448. The van der Waals surface area contributed by atoms with Crippen LogP contribution in [0.5, 0.6) is 0 Å². The van der Waals surface area contributed by atoms with Crippen LogP contribution < -0.4 is 0 Å². The maximum Gasteiger partial charge on any atom is 0.0612 e. The van der Waals surface area contributed by atoms with Gasteiger partial charge in [-0.1, -0.05) is 20.3 Å². The van der Waals surface area contributed by atoms with Crippen LogP contribution in [0, 0.1) is 29.6 Å². The first-order chi connectivity index (χ1) is 7.66. The molecule has 16 heavy (non-hydrogen) atoms. The van der Waals surface area contributed by atoms with E-state index in [9.17, 15) is 0 Å². The van der Waals surface area contributed by atoms with Gasteiger partial charge in [0.15, 0.2) is 0 Å². The Morgan fingerprint density at radius 1 is 0.938 bits per heavy atom. The average Bonchev–Trinajstić information content (AvgIpc) is 2.87. The van der Waals surface area contributed by atoms with Gasteiger partial charge in [-0.05, 0) is 62.2 Å². The molecule has 3 aliphatic rings. The molecule has 0 aromatic rings. The third kappa shape index (κ3) is 1.63. The van der Waals surface area contributed by atoms with Crippen molar-refractivity contribution < 1.29 is 4.74 Å². The monoisotopic (exact) mass is 222 g/mol. The Morgan fingerprint density at radius 3 is 2.44 bits per heavy atom. The summed E-state index contributed by atoms with van der Waals surface area (Å²) < 4.78 is 6.31. The van der Waals surface area contributed by atoms with Crippen molar-refractivity contribution in [2.24, 2.45) is 29.6 Å². The summed E-state index contributed by atoms with van der Waals surface area (Å²) in [7, 11) is 0. The van der Waals surface area contributed by atoms with Gasteiger partial charge in [0.05, 0.1) is 12.2 Å². The summed E-state index contributed by atoms with van der Waals surface area (Å²) in [4.78, 5) is 0. The van der Waals surface area contributed by atoms with Gasteiger partial charge in [0, 0.05) is 0 Å². The summed E-state index contributed by atoms with van der Waals surface area (Å²) in [6.45, 7) is 6.80. The maximum atomic E-state index is 6.31. The molecule has 6 unspecified atom stereocenters. The highest BCUT2D eigenvalue weighted by Crippen LogP contribution is 2.59. The van der Waals surface area contributed by atoms with Crippen LogP contribution in [-0.4, -0.2) is 12.2 Å². The van der Waals surface area contributed by atoms with Crippen LogP contribution in [0.2, 0.25) is 0 Å². The summed E-state index contributed by atoms with van der Waals surface area (Å²) in [5.74, 6) is 4.77. The second kappa shape index (κ2) is 4.01. The molecule has 92 valence electrons. The second-order valence-corrected chi connectivity index (χ2v) is 6.78. The lowest BCUT2D eigenvalue weighted by atomic mass is 9.80. The van der Waals surface area contributed by atoms with Crippen molar-refractivity contribution in [1.29, 1.82) is 0 Å². The number of fused-ring (bicyclic) bond motifs is 5. The van der Waals surface area contributed by atoms with Crippen LogP contribution in [0.3, 0.4) is 0 Å². The zero-order valence-corrected chi connectivity index (χ0v) is 11.0. The normalized spacial score (nSPS) is 47.6. The Hall–Kier alpha value is -0.0400. The van der Waals surface area contributed by atoms with E-state index in [1.165, 1.54) is 32.1 Å². The Labute approximate surface area is 99.9 Å². The fraction of sp³-hybridized carbons (Fsp3) is 1.00. The molecule has 0 aliphatic heterocycles. The Bertz CT molecular complexity index is 260. The first kappa shape index (κ1) is 11.1. The van der Waals surface area contributed by atoms with E-state index in [4.69, 9.17) is 4.74 Å². The van der Waals surface area contributed by atoms with Crippen molar-refractivity contribution in [1.82, 2.24) is 0 Å². The third-order valence-corrected chi connectivity index (χ3v) is 5.70. The van der Waals surface area contributed by atoms with Gasteiger partial charge in [-0.3, -0.25) is 0 Å². The van der Waals surface area contributed by atoms with Crippen molar-refractivity contribution in [3.05, 3.63) is 0 Å². The lowest BCUT2D eigenvalue weighted by molar-refractivity contribution is -0.0669. The van der Waals surface area contributed by atoms with Crippen LogP contribution in [0.25, 0.3) is 0 Å². The molecule has 6 atom stereocenters. The molecule has 0 aromatic carbocycles. The fourth-order valence-electron chi connectivity index (χ4n) is 4.59. The summed E-state index contributed by atoms with van der Waals surface area (Å²) in [6.07, 6.45) is 8.45. The molecular weight excluding hydrogens is 196 g/mol. The third-order valence-electron chi connectivity index (χ3n) is 5.70. The topological polar surface area (TPSA) is 9.23 Å². The smallest absolute Gasteiger partial charge is 0.0612 e. The van der Waals surface area contributed by atoms with Crippen molar-refractivity contribution in [3.8, 4) is 0 Å². The Morgan fingerprint density at radius 2 is 1.69 bits per heavy atom. The van der Waals surface area contributed by atoms with Gasteiger partial charge in [-0.25, -0.2) is 0 Å². The highest BCUT2D eigenvalue weighted by Gasteiger charge is 2.54. The van der Waals surface area contributed by atoms with Gasteiger partial charge in [0.1, 0.15) is 0 Å². The standard InChI is InChI=1S/C15H26O/c1-9(2)10(3)16-15-8-11-7-14(15)13-6-4-5-12(11)13/h9-15H,4-8H2,1-3H3. The lowest BCUT2D eigenvalue weighted by Crippen LogP contribution is -2.34. The first-order valence-corrected chi connectivity index (χ1v) is 7.32. The van der Waals surface area contributed by atoms with Crippen LogP contribution in [0.4, 0.5) is 0 Å². The number of rotatable bonds is 3. The summed E-state index contributed by atoms with van der Waals surface area (Å²) in [6, 6.07) is 0. The Balaban J connectivity index is 1.63. The minimum atomic E-state index is 0.448. The molecule has 1 heteroatoms. The molecule has 3 fully saturated rings. The van der Waals surface area contributed by atoms with Crippen LogP contribution in [0.15, 0.2) is 0 Å². The molecule has 0 radical (unpaired) electrons. The molecule has 2 bridgehead atoms. The van der Waals surface area contributed by atoms with E-state index in [-0.39, 0.29) is 0 Å². The SMILES string of the molecule is CC(C)C(C)OC1CC2CC1C1CCCC21. The van der Waals surface area contributed by atoms with Crippen LogP contribution >= 0.6 is 0 Å². The van der Waals surface area contributed by atoms with E-state index in [0.29, 0.717) is 18.1 Å². The summed E-state index contributed by atoms with van der Waals surface area (Å²) in [5, 5.41) is 0. The molecule has 3 saturated carbocycles. The predicted octanol–water partition coefficient (Wildman–Crippen LogP) is 3.87. The van der Waals surface area contributed by atoms with Gasteiger partial charge in [-0.2, -0.15) is 0 Å². The second-order valence-electron chi connectivity index (χ2n) is 6.78. The van der Waals surface area contributed by atoms with Gasteiger partial charge in [0.2, 0.25) is 0 Å². The minimum Gasteiger partial charge on any atom is -0.375 e. The van der Waals surface area contributed by atoms with Gasteiger partial charge in [0.25, 0.3) is 0 Å². The van der Waals surface area contributed by atoms with Gasteiger partial charge in [-0.15, -0.1) is 0 Å². The van der Waals surface area contributed by atoms with Crippen molar-refractivity contribution >= 4 is 0 Å². The van der Waals surface area contributed by atoms with Crippen molar-refractivity contribution in [2.75, 3.05) is 0 Å². The zero-order valence-electron chi connectivity index (χ0n) is 11.0. The molecular formula is C15H26O. The summed E-state index contributed by atoms with van der Waals surface area (Å²) in [5.41, 5.74) is 0. The largest absolute Gasteiger partial charge is 0.375 e. The van der Waals surface area contributed by atoms with E-state index in [1.807, 2.05) is 0 Å². The molecule has 0 saturated heterocycles. The van der Waals surface area contributed by atoms with Crippen molar-refractivity contribution in [2.45, 2.75) is 65.1 Å². The molecule has 0 spiro atoms. The molecule has 3 aliphatic carbocycles. The van der Waals surface area contributed by atoms with E-state index >= 15 is 0 Å². The van der Waals surface area contributed by atoms with E-state index in [0.717, 1.165) is 23.7 Å². The molecule has 0 heterocycles. The zero-order chi connectivity index (χ0) is 11.3. The fourth-order valence-corrected chi connectivity index (χ4v) is 4.59. The van der Waals surface area contributed by atoms with Crippen LogP contribution in [-0.2, 0) is 4.74 Å². The van der Waals surface area contributed by atoms with E-state index < -0.39 is 0 Å². The molecule has 1 nitrogen and oxygen atoms in total. The summed E-state index contributed by atoms with van der Waals surface area (Å²) >= 11 is 0. The lowest BCUT2D eigenvalue weighted by Gasteiger charge is -2.34. The van der Waals surface area contributed by atoms with E-state index in [1.54, 1.807) is 0 Å². The van der Waals surface area contributed by atoms with Crippen molar-refractivity contribution in [3.63, 3.8) is 0 Å². The number of hydrogen-bond acceptors (Lipinski definition) is 1. The number of ether oxygens (including phenoxy) is 1. The Kier molecular flexibility index (Phi) is 2.78. The molecule has 3 rings (SSSR count). The van der Waals surface area contributed by atoms with Gasteiger partial charge >= 0.3 is 0 Å².